The molecule has 0 bridgehead atoms. The first kappa shape index (κ1) is 13.9. The van der Waals surface area contributed by atoms with Crippen molar-refractivity contribution in [3.8, 4) is 5.75 Å². The van der Waals surface area contributed by atoms with Crippen LogP contribution in [0.2, 0.25) is 0 Å². The van der Waals surface area contributed by atoms with Crippen LogP contribution in [0.4, 0.5) is 0 Å². The minimum Gasteiger partial charge on any atom is -0.496 e. The number of methoxy groups -OCH3 is 1. The molecule has 0 radical (unpaired) electrons. The third kappa shape index (κ3) is 3.70. The number of nitrogens with one attached hydrogen (secondary N) is 2. The Morgan fingerprint density at radius 2 is 2.26 bits per heavy atom. The van der Waals surface area contributed by atoms with Crippen molar-refractivity contribution in [1.29, 1.82) is 0 Å². The van der Waals surface area contributed by atoms with Gasteiger partial charge in [0.05, 0.1) is 13.2 Å². The number of amides is 1. The van der Waals surface area contributed by atoms with E-state index in [9.17, 15) is 4.79 Å². The van der Waals surface area contributed by atoms with Gasteiger partial charge in [-0.05, 0) is 32.3 Å². The molecule has 4 nitrogen and oxygen atoms in total. The lowest BCUT2D eigenvalue weighted by molar-refractivity contribution is -0.122. The summed E-state index contributed by atoms with van der Waals surface area (Å²) in [4.78, 5) is 11.9. The number of ether oxygens (including phenoxy) is 1. The molecule has 0 saturated carbocycles. The van der Waals surface area contributed by atoms with Gasteiger partial charge in [0.1, 0.15) is 5.75 Å². The third-order valence-electron chi connectivity index (χ3n) is 3.51. The summed E-state index contributed by atoms with van der Waals surface area (Å²) < 4.78 is 5.35. The second-order valence-electron chi connectivity index (χ2n) is 5.04. The summed E-state index contributed by atoms with van der Waals surface area (Å²) in [6.07, 6.45) is 3.05. The van der Waals surface area contributed by atoms with Crippen molar-refractivity contribution in [3.05, 3.63) is 29.3 Å². The van der Waals surface area contributed by atoms with E-state index in [0.29, 0.717) is 6.54 Å². The van der Waals surface area contributed by atoms with Crippen molar-refractivity contribution in [3.63, 3.8) is 0 Å². The molecule has 1 aliphatic rings. The molecule has 1 heterocycles. The Bertz CT molecular complexity index is 446. The van der Waals surface area contributed by atoms with Crippen LogP contribution in [0.3, 0.4) is 0 Å². The molecule has 2 N–H and O–H groups in total. The average molecular weight is 262 g/mol. The van der Waals surface area contributed by atoms with Gasteiger partial charge in [0.25, 0.3) is 0 Å². The standard InChI is InChI=1S/C15H22N2O2/c1-11-6-7-14(19-2)12(9-11)10-17-13-5-3-4-8-16-15(13)18/h6-7,9,13,17H,3-5,8,10H2,1-2H3,(H,16,18). The van der Waals surface area contributed by atoms with Gasteiger partial charge in [-0.25, -0.2) is 0 Å². The Labute approximate surface area is 114 Å². The Morgan fingerprint density at radius 3 is 3.05 bits per heavy atom. The van der Waals surface area contributed by atoms with Crippen LogP contribution >= 0.6 is 0 Å². The zero-order valence-corrected chi connectivity index (χ0v) is 11.7. The Morgan fingerprint density at radius 1 is 1.42 bits per heavy atom. The first-order valence-electron chi connectivity index (χ1n) is 6.85. The van der Waals surface area contributed by atoms with Crippen molar-refractivity contribution >= 4 is 5.91 Å². The molecular weight excluding hydrogens is 240 g/mol. The van der Waals surface area contributed by atoms with Crippen molar-refractivity contribution in [2.24, 2.45) is 0 Å². The number of carbonyl (C=O) groups is 1. The van der Waals surface area contributed by atoms with E-state index in [1.54, 1.807) is 7.11 Å². The molecule has 1 saturated heterocycles. The fourth-order valence-electron chi connectivity index (χ4n) is 2.41. The monoisotopic (exact) mass is 262 g/mol. The van der Waals surface area contributed by atoms with Crippen LogP contribution in [0.25, 0.3) is 0 Å². The molecule has 0 spiro atoms. The lowest BCUT2D eigenvalue weighted by atomic mass is 10.1. The molecule has 1 amide bonds. The second kappa shape index (κ2) is 6.57. The van der Waals surface area contributed by atoms with Crippen LogP contribution < -0.4 is 15.4 Å². The van der Waals surface area contributed by atoms with Gasteiger partial charge >= 0.3 is 0 Å². The summed E-state index contributed by atoms with van der Waals surface area (Å²) in [6.45, 7) is 3.51. The molecule has 2 rings (SSSR count). The van der Waals surface area contributed by atoms with E-state index in [-0.39, 0.29) is 11.9 Å². The van der Waals surface area contributed by atoms with E-state index in [4.69, 9.17) is 4.74 Å². The van der Waals surface area contributed by atoms with E-state index in [2.05, 4.69) is 23.6 Å². The van der Waals surface area contributed by atoms with Gasteiger partial charge in [-0.3, -0.25) is 4.79 Å². The molecule has 0 aromatic heterocycles. The molecule has 1 aliphatic heterocycles. The van der Waals surface area contributed by atoms with Crippen molar-refractivity contribution in [1.82, 2.24) is 10.6 Å². The fraction of sp³-hybridized carbons (Fsp3) is 0.533. The highest BCUT2D eigenvalue weighted by Crippen LogP contribution is 2.19. The molecule has 104 valence electrons. The van der Waals surface area contributed by atoms with Crippen LogP contribution in [0, 0.1) is 6.92 Å². The van der Waals surface area contributed by atoms with Gasteiger partial charge in [-0.1, -0.05) is 17.7 Å². The van der Waals surface area contributed by atoms with Crippen molar-refractivity contribution in [2.75, 3.05) is 13.7 Å². The number of rotatable bonds is 4. The average Bonchev–Trinajstić information content (AvgIpc) is 2.61. The highest BCUT2D eigenvalue weighted by atomic mass is 16.5. The maximum Gasteiger partial charge on any atom is 0.237 e. The first-order valence-corrected chi connectivity index (χ1v) is 6.85. The SMILES string of the molecule is COc1ccc(C)cc1CNC1CCCCNC1=O. The molecule has 1 atom stereocenters. The molecule has 4 heteroatoms. The molecule has 19 heavy (non-hydrogen) atoms. The third-order valence-corrected chi connectivity index (χ3v) is 3.51. The Hall–Kier alpha value is -1.55. The topological polar surface area (TPSA) is 50.4 Å². The second-order valence-corrected chi connectivity index (χ2v) is 5.04. The quantitative estimate of drug-likeness (QED) is 0.869. The molecule has 1 aromatic rings. The first-order chi connectivity index (χ1) is 9.20. The van der Waals surface area contributed by atoms with E-state index < -0.39 is 0 Å². The van der Waals surface area contributed by atoms with E-state index >= 15 is 0 Å². The smallest absolute Gasteiger partial charge is 0.237 e. The lowest BCUT2D eigenvalue weighted by Crippen LogP contribution is -2.42. The summed E-state index contributed by atoms with van der Waals surface area (Å²) in [6, 6.07) is 6.01. The Balaban J connectivity index is 2.01. The van der Waals surface area contributed by atoms with Crippen LogP contribution in [0.5, 0.6) is 5.75 Å². The fourth-order valence-corrected chi connectivity index (χ4v) is 2.41. The zero-order valence-electron chi connectivity index (χ0n) is 11.7. The van der Waals surface area contributed by atoms with E-state index in [1.807, 2.05) is 12.1 Å². The van der Waals surface area contributed by atoms with Gasteiger partial charge < -0.3 is 15.4 Å². The summed E-state index contributed by atoms with van der Waals surface area (Å²) in [5.74, 6) is 0.983. The Kier molecular flexibility index (Phi) is 4.80. The van der Waals surface area contributed by atoms with E-state index in [1.165, 1.54) is 5.56 Å². The molecule has 0 aliphatic carbocycles. The van der Waals surface area contributed by atoms with Gasteiger partial charge in [0.15, 0.2) is 0 Å². The predicted octanol–water partition coefficient (Wildman–Crippen LogP) is 1.76. The number of benzene rings is 1. The number of aryl methyl sites for hydroxylation is 1. The summed E-state index contributed by atoms with van der Waals surface area (Å²) in [5, 5.41) is 6.28. The highest BCUT2D eigenvalue weighted by molar-refractivity contribution is 5.81. The van der Waals surface area contributed by atoms with Crippen LogP contribution in [-0.2, 0) is 11.3 Å². The maximum atomic E-state index is 11.9. The van der Waals surface area contributed by atoms with Crippen LogP contribution in [0.1, 0.15) is 30.4 Å². The van der Waals surface area contributed by atoms with Crippen LogP contribution in [0.15, 0.2) is 18.2 Å². The highest BCUT2D eigenvalue weighted by Gasteiger charge is 2.20. The maximum absolute atomic E-state index is 11.9. The normalized spacial score (nSPS) is 19.7. The number of carbonyl (C=O) groups excluding carboxylic acids is 1. The van der Waals surface area contributed by atoms with Gasteiger partial charge in [0.2, 0.25) is 5.91 Å². The van der Waals surface area contributed by atoms with E-state index in [0.717, 1.165) is 37.1 Å². The zero-order chi connectivity index (χ0) is 13.7. The number of hydrogen-bond donors (Lipinski definition) is 2. The minimum absolute atomic E-state index is 0.0901. The predicted molar refractivity (Wildman–Crippen MR) is 75.2 cm³/mol. The van der Waals surface area contributed by atoms with Gasteiger partial charge in [-0.15, -0.1) is 0 Å². The minimum atomic E-state index is -0.0901. The molecule has 1 unspecified atom stereocenters. The molecule has 1 aromatic carbocycles. The molecular formula is C15H22N2O2. The van der Waals surface area contributed by atoms with Crippen molar-refractivity contribution < 1.29 is 9.53 Å². The summed E-state index contributed by atoms with van der Waals surface area (Å²) >= 11 is 0. The van der Waals surface area contributed by atoms with Gasteiger partial charge in [0, 0.05) is 18.7 Å². The van der Waals surface area contributed by atoms with Crippen LogP contribution in [-0.4, -0.2) is 25.6 Å². The summed E-state index contributed by atoms with van der Waals surface area (Å²) in [5.41, 5.74) is 2.29. The largest absolute Gasteiger partial charge is 0.496 e. The van der Waals surface area contributed by atoms with Crippen molar-refractivity contribution in [2.45, 2.75) is 38.8 Å². The molecule has 1 fully saturated rings. The van der Waals surface area contributed by atoms with Gasteiger partial charge in [-0.2, -0.15) is 0 Å². The summed E-state index contributed by atoms with van der Waals surface area (Å²) in [7, 11) is 1.67. The number of hydrogen-bond acceptors (Lipinski definition) is 3. The lowest BCUT2D eigenvalue weighted by Gasteiger charge is -2.16.